The Hall–Kier alpha value is -3.17. The van der Waals surface area contributed by atoms with Crippen molar-refractivity contribution in [3.63, 3.8) is 0 Å². The Bertz CT molecular complexity index is 958. The molecule has 0 aliphatic carbocycles. The number of carbonyl (C=O) groups excluding carboxylic acids is 2. The molecule has 1 aromatic carbocycles. The van der Waals surface area contributed by atoms with Crippen LogP contribution in [0.1, 0.15) is 30.4 Å². The van der Waals surface area contributed by atoms with E-state index in [9.17, 15) is 14.0 Å². The number of rotatable bonds is 6. The third-order valence-corrected chi connectivity index (χ3v) is 5.25. The molecule has 8 nitrogen and oxygen atoms in total. The molecule has 0 spiro atoms. The van der Waals surface area contributed by atoms with Crippen molar-refractivity contribution >= 4 is 12.0 Å². The third-order valence-electron chi connectivity index (χ3n) is 5.25. The fraction of sp³-hybridized carbons (Fsp3) is 0.364. The summed E-state index contributed by atoms with van der Waals surface area (Å²) < 4.78 is 29.8. The second-order valence-electron chi connectivity index (χ2n) is 7.31. The van der Waals surface area contributed by atoms with Crippen LogP contribution in [0.25, 0.3) is 0 Å². The van der Waals surface area contributed by atoms with Crippen molar-refractivity contribution in [2.24, 2.45) is 0 Å². The van der Waals surface area contributed by atoms with E-state index in [1.165, 1.54) is 18.4 Å². The van der Waals surface area contributed by atoms with Crippen molar-refractivity contribution in [1.29, 1.82) is 0 Å². The molecule has 0 unspecified atom stereocenters. The first-order valence-electron chi connectivity index (χ1n) is 10.2. The van der Waals surface area contributed by atoms with Gasteiger partial charge < -0.3 is 24.5 Å². The van der Waals surface area contributed by atoms with Gasteiger partial charge in [-0.25, -0.2) is 14.0 Å². The van der Waals surface area contributed by atoms with Gasteiger partial charge in [-0.05, 0) is 36.8 Å². The molecule has 9 heteroatoms. The van der Waals surface area contributed by atoms with Crippen LogP contribution in [0.15, 0.2) is 58.3 Å². The van der Waals surface area contributed by atoms with Gasteiger partial charge in [-0.1, -0.05) is 12.1 Å². The van der Waals surface area contributed by atoms with Gasteiger partial charge in [0.1, 0.15) is 17.6 Å². The largest absolute Gasteiger partial charge is 0.467 e. The van der Waals surface area contributed by atoms with Crippen molar-refractivity contribution in [3.05, 3.63) is 71.1 Å². The summed E-state index contributed by atoms with van der Waals surface area (Å²) in [6.07, 6.45) is 1.25. The number of nitrogens with zero attached hydrogens (tertiary/aromatic N) is 1. The number of morpholine rings is 1. The molecule has 1 aromatic heterocycles. The zero-order chi connectivity index (χ0) is 21.8. The first-order valence-corrected chi connectivity index (χ1v) is 10.2. The molecule has 2 N–H and O–H groups in total. The van der Waals surface area contributed by atoms with Crippen LogP contribution in [0, 0.1) is 5.82 Å². The smallest absolute Gasteiger partial charge is 0.338 e. The molecule has 2 aromatic rings. The van der Waals surface area contributed by atoms with Gasteiger partial charge in [0.25, 0.3) is 0 Å². The quantitative estimate of drug-likeness (QED) is 0.686. The monoisotopic (exact) mass is 429 g/mol. The summed E-state index contributed by atoms with van der Waals surface area (Å²) in [5.74, 6) is -0.377. The lowest BCUT2D eigenvalue weighted by atomic mass is 9.99. The standard InChI is InChI=1S/C22H24FN3O5/c1-2-29-21(27)19-16(24-22(28)25-20(19)17-4-3-10-30-17)12-26-9-11-31-18(13-26)14-5-7-15(23)8-6-14/h3-8,10,18,20H,2,9,11-13H2,1H3,(H2,24,25,28)/t18-,20-/m1/s1. The van der Waals surface area contributed by atoms with Crippen LogP contribution in [0.3, 0.4) is 0 Å². The minimum Gasteiger partial charge on any atom is -0.467 e. The lowest BCUT2D eigenvalue weighted by Crippen LogP contribution is -2.49. The van der Waals surface area contributed by atoms with Gasteiger partial charge in [-0.15, -0.1) is 0 Å². The summed E-state index contributed by atoms with van der Waals surface area (Å²) >= 11 is 0. The fourth-order valence-corrected chi connectivity index (χ4v) is 3.81. The second kappa shape index (κ2) is 9.32. The average molecular weight is 429 g/mol. The van der Waals surface area contributed by atoms with E-state index in [0.717, 1.165) is 5.56 Å². The number of nitrogens with one attached hydrogen (secondary N) is 2. The molecule has 2 aliphatic heterocycles. The molecular weight excluding hydrogens is 405 g/mol. The molecule has 0 bridgehead atoms. The number of halogens is 1. The van der Waals surface area contributed by atoms with Gasteiger partial charge in [0, 0.05) is 25.3 Å². The molecule has 0 saturated carbocycles. The Kier molecular flexibility index (Phi) is 6.34. The predicted octanol–water partition coefficient (Wildman–Crippen LogP) is 2.66. The van der Waals surface area contributed by atoms with Crippen molar-refractivity contribution < 1.29 is 27.9 Å². The Morgan fingerprint density at radius 3 is 2.81 bits per heavy atom. The summed E-state index contributed by atoms with van der Waals surface area (Å²) in [6.45, 7) is 3.87. The Morgan fingerprint density at radius 2 is 2.10 bits per heavy atom. The Balaban J connectivity index is 1.59. The predicted molar refractivity (Wildman–Crippen MR) is 108 cm³/mol. The number of hydrogen-bond acceptors (Lipinski definition) is 6. The maximum absolute atomic E-state index is 13.3. The maximum atomic E-state index is 13.3. The van der Waals surface area contributed by atoms with E-state index in [-0.39, 0.29) is 18.5 Å². The van der Waals surface area contributed by atoms with Crippen LogP contribution in [0.2, 0.25) is 0 Å². The van der Waals surface area contributed by atoms with Crippen molar-refractivity contribution in [3.8, 4) is 0 Å². The van der Waals surface area contributed by atoms with Crippen LogP contribution < -0.4 is 10.6 Å². The molecular formula is C22H24FN3O5. The van der Waals surface area contributed by atoms with Gasteiger partial charge in [-0.3, -0.25) is 4.90 Å². The van der Waals surface area contributed by atoms with Crippen LogP contribution in [0.4, 0.5) is 9.18 Å². The van der Waals surface area contributed by atoms with Gasteiger partial charge in [0.05, 0.1) is 31.2 Å². The molecule has 2 atom stereocenters. The molecule has 0 radical (unpaired) electrons. The molecule has 31 heavy (non-hydrogen) atoms. The summed E-state index contributed by atoms with van der Waals surface area (Å²) in [6, 6.07) is 8.44. The number of urea groups is 1. The minimum absolute atomic E-state index is 0.207. The van der Waals surface area contributed by atoms with E-state index in [0.29, 0.717) is 43.3 Å². The molecule has 2 amide bonds. The van der Waals surface area contributed by atoms with E-state index in [1.807, 2.05) is 0 Å². The average Bonchev–Trinajstić information content (AvgIpc) is 3.29. The van der Waals surface area contributed by atoms with E-state index in [4.69, 9.17) is 13.9 Å². The van der Waals surface area contributed by atoms with Crippen molar-refractivity contribution in [2.45, 2.75) is 19.1 Å². The lowest BCUT2D eigenvalue weighted by Gasteiger charge is -2.35. The number of ether oxygens (including phenoxy) is 2. The number of benzene rings is 1. The minimum atomic E-state index is -0.744. The number of amides is 2. The summed E-state index contributed by atoms with van der Waals surface area (Å²) in [4.78, 5) is 27.2. The molecule has 3 heterocycles. The Labute approximate surface area is 179 Å². The Morgan fingerprint density at radius 1 is 1.29 bits per heavy atom. The number of furan rings is 1. The van der Waals surface area contributed by atoms with E-state index in [2.05, 4.69) is 15.5 Å². The molecule has 2 aliphatic rings. The lowest BCUT2D eigenvalue weighted by molar-refractivity contribution is -0.139. The first kappa shape index (κ1) is 21.1. The van der Waals surface area contributed by atoms with Crippen LogP contribution in [-0.4, -0.2) is 49.7 Å². The van der Waals surface area contributed by atoms with Crippen LogP contribution in [-0.2, 0) is 14.3 Å². The summed E-state index contributed by atoms with van der Waals surface area (Å²) in [5.41, 5.74) is 1.64. The number of esters is 1. The molecule has 1 saturated heterocycles. The van der Waals surface area contributed by atoms with Crippen molar-refractivity contribution in [1.82, 2.24) is 15.5 Å². The van der Waals surface area contributed by atoms with Crippen LogP contribution >= 0.6 is 0 Å². The van der Waals surface area contributed by atoms with E-state index < -0.39 is 18.0 Å². The fourth-order valence-electron chi connectivity index (χ4n) is 3.81. The highest BCUT2D eigenvalue weighted by Gasteiger charge is 2.36. The molecule has 164 valence electrons. The van der Waals surface area contributed by atoms with E-state index >= 15 is 0 Å². The highest BCUT2D eigenvalue weighted by atomic mass is 19.1. The summed E-state index contributed by atoms with van der Waals surface area (Å²) in [7, 11) is 0. The highest BCUT2D eigenvalue weighted by Crippen LogP contribution is 2.29. The van der Waals surface area contributed by atoms with Gasteiger partial charge in [0.15, 0.2) is 0 Å². The van der Waals surface area contributed by atoms with Gasteiger partial charge in [-0.2, -0.15) is 0 Å². The SMILES string of the molecule is CCOC(=O)C1=C(CN2CCO[C@@H](c3ccc(F)cc3)C2)NC(=O)N[C@@H]1c1ccco1. The first-order chi connectivity index (χ1) is 15.0. The number of carbonyl (C=O) groups is 2. The zero-order valence-electron chi connectivity index (χ0n) is 17.1. The molecule has 4 rings (SSSR count). The normalized spacial score (nSPS) is 22.1. The second-order valence-corrected chi connectivity index (χ2v) is 7.31. The zero-order valence-corrected chi connectivity index (χ0v) is 17.1. The molecule has 1 fully saturated rings. The number of hydrogen-bond donors (Lipinski definition) is 2. The topological polar surface area (TPSA) is 93.0 Å². The highest BCUT2D eigenvalue weighted by molar-refractivity contribution is 5.95. The van der Waals surface area contributed by atoms with Gasteiger partial charge in [0.2, 0.25) is 0 Å². The third kappa shape index (κ3) is 4.78. The van der Waals surface area contributed by atoms with Crippen molar-refractivity contribution in [2.75, 3.05) is 32.8 Å². The van der Waals surface area contributed by atoms with Gasteiger partial charge >= 0.3 is 12.0 Å². The maximum Gasteiger partial charge on any atom is 0.338 e. The van der Waals surface area contributed by atoms with Crippen LogP contribution in [0.5, 0.6) is 0 Å². The summed E-state index contributed by atoms with van der Waals surface area (Å²) in [5, 5.41) is 5.50. The van der Waals surface area contributed by atoms with E-state index in [1.54, 1.807) is 31.2 Å².